The van der Waals surface area contributed by atoms with Crippen molar-refractivity contribution in [3.8, 4) is 6.07 Å². The van der Waals surface area contributed by atoms with Gasteiger partial charge in [-0.15, -0.1) is 0 Å². The lowest BCUT2D eigenvalue weighted by atomic mass is 9.78. The van der Waals surface area contributed by atoms with E-state index in [2.05, 4.69) is 0 Å². The first-order chi connectivity index (χ1) is 7.90. The summed E-state index contributed by atoms with van der Waals surface area (Å²) in [6, 6.07) is 8.51. The van der Waals surface area contributed by atoms with E-state index in [9.17, 15) is 9.90 Å². The lowest BCUT2D eigenvalue weighted by Crippen LogP contribution is -2.45. The van der Waals surface area contributed by atoms with Gasteiger partial charge in [0.25, 0.3) is 0 Å². The molecule has 0 radical (unpaired) electrons. The Balaban J connectivity index is 3.03. The first kappa shape index (κ1) is 13.2. The molecule has 2 unspecified atom stereocenters. The highest BCUT2D eigenvalue weighted by Crippen LogP contribution is 2.26. The number of nitrogens with zero attached hydrogens (tertiary/aromatic N) is 1. The minimum atomic E-state index is -1.02. The van der Waals surface area contributed by atoms with Crippen molar-refractivity contribution in [2.75, 3.05) is 0 Å². The Hall–Kier alpha value is -1.86. The maximum Gasteiger partial charge on any atom is 0.311 e. The van der Waals surface area contributed by atoms with Crippen LogP contribution in [0.1, 0.15) is 25.0 Å². The average Bonchev–Trinajstić information content (AvgIpc) is 2.28. The summed E-state index contributed by atoms with van der Waals surface area (Å²) in [6.07, 6.45) is 0.315. The van der Waals surface area contributed by atoms with E-state index >= 15 is 0 Å². The molecule has 0 aliphatic carbocycles. The van der Waals surface area contributed by atoms with Gasteiger partial charge in [-0.2, -0.15) is 5.26 Å². The Labute approximate surface area is 101 Å². The average molecular weight is 232 g/mol. The quantitative estimate of drug-likeness (QED) is 0.824. The van der Waals surface area contributed by atoms with E-state index in [4.69, 9.17) is 11.0 Å². The maximum atomic E-state index is 11.3. The summed E-state index contributed by atoms with van der Waals surface area (Å²) in [5.41, 5.74) is 6.06. The molecule has 0 bridgehead atoms. The van der Waals surface area contributed by atoms with Crippen molar-refractivity contribution in [1.29, 1.82) is 5.26 Å². The summed E-state index contributed by atoms with van der Waals surface area (Å²) in [5.74, 6) is -0.921. The third-order valence-electron chi connectivity index (χ3n) is 3.12. The highest BCUT2D eigenvalue weighted by atomic mass is 16.4. The Bertz CT molecular complexity index is 463. The van der Waals surface area contributed by atoms with Crippen LogP contribution in [0.3, 0.4) is 0 Å². The van der Waals surface area contributed by atoms with Crippen LogP contribution in [0.2, 0.25) is 0 Å². The standard InChI is InChI=1S/C13H16N2O2/c1-9(15)13(2,12(16)17)7-10-4-3-5-11(6-10)8-14/h3-6,9H,7,15H2,1-2H3,(H,16,17). The first-order valence-electron chi connectivity index (χ1n) is 5.38. The lowest BCUT2D eigenvalue weighted by Gasteiger charge is -2.28. The molecule has 0 saturated heterocycles. The van der Waals surface area contributed by atoms with Crippen molar-refractivity contribution >= 4 is 5.97 Å². The molecule has 1 aromatic rings. The monoisotopic (exact) mass is 232 g/mol. The number of nitriles is 1. The third kappa shape index (κ3) is 2.83. The van der Waals surface area contributed by atoms with Gasteiger partial charge in [0.05, 0.1) is 17.0 Å². The van der Waals surface area contributed by atoms with Crippen LogP contribution in [-0.2, 0) is 11.2 Å². The highest BCUT2D eigenvalue weighted by molar-refractivity contribution is 5.75. The second-order valence-electron chi connectivity index (χ2n) is 4.50. The van der Waals surface area contributed by atoms with Crippen LogP contribution in [0.25, 0.3) is 0 Å². The van der Waals surface area contributed by atoms with E-state index in [0.717, 1.165) is 5.56 Å². The summed E-state index contributed by atoms with van der Waals surface area (Å²) >= 11 is 0. The van der Waals surface area contributed by atoms with Gasteiger partial charge in [-0.1, -0.05) is 12.1 Å². The Kier molecular flexibility index (Phi) is 3.87. The molecular weight excluding hydrogens is 216 g/mol. The van der Waals surface area contributed by atoms with Gasteiger partial charge in [-0.05, 0) is 38.0 Å². The molecule has 0 saturated carbocycles. The number of nitrogens with two attached hydrogens (primary N) is 1. The number of hydrogen-bond donors (Lipinski definition) is 2. The Morgan fingerprint density at radius 2 is 2.29 bits per heavy atom. The van der Waals surface area contributed by atoms with Gasteiger partial charge in [0, 0.05) is 6.04 Å². The Morgan fingerprint density at radius 3 is 2.76 bits per heavy atom. The molecule has 4 heteroatoms. The van der Waals surface area contributed by atoms with Crippen molar-refractivity contribution in [2.45, 2.75) is 26.3 Å². The first-order valence-corrected chi connectivity index (χ1v) is 5.38. The minimum Gasteiger partial charge on any atom is -0.481 e. The topological polar surface area (TPSA) is 87.1 Å². The van der Waals surface area contributed by atoms with Gasteiger partial charge in [0.1, 0.15) is 0 Å². The van der Waals surface area contributed by atoms with Crippen LogP contribution in [0.4, 0.5) is 0 Å². The van der Waals surface area contributed by atoms with E-state index in [-0.39, 0.29) is 0 Å². The summed E-state index contributed by atoms with van der Waals surface area (Å²) in [7, 11) is 0. The molecule has 0 fully saturated rings. The maximum absolute atomic E-state index is 11.3. The number of hydrogen-bond acceptors (Lipinski definition) is 3. The zero-order chi connectivity index (χ0) is 13.1. The van der Waals surface area contributed by atoms with Crippen LogP contribution >= 0.6 is 0 Å². The van der Waals surface area contributed by atoms with Crippen molar-refractivity contribution in [1.82, 2.24) is 0 Å². The minimum absolute atomic E-state index is 0.315. The van der Waals surface area contributed by atoms with Crippen LogP contribution < -0.4 is 5.73 Å². The molecule has 0 heterocycles. The van der Waals surface area contributed by atoms with E-state index in [1.165, 1.54) is 0 Å². The van der Waals surface area contributed by atoms with Gasteiger partial charge in [0.15, 0.2) is 0 Å². The van der Waals surface area contributed by atoms with Gasteiger partial charge in [0.2, 0.25) is 0 Å². The van der Waals surface area contributed by atoms with E-state index in [1.807, 2.05) is 12.1 Å². The summed E-state index contributed by atoms with van der Waals surface area (Å²) < 4.78 is 0. The van der Waals surface area contributed by atoms with Crippen LogP contribution in [-0.4, -0.2) is 17.1 Å². The zero-order valence-corrected chi connectivity index (χ0v) is 9.97. The number of benzene rings is 1. The largest absolute Gasteiger partial charge is 0.481 e. The van der Waals surface area contributed by atoms with E-state index < -0.39 is 17.4 Å². The zero-order valence-electron chi connectivity index (χ0n) is 9.97. The second kappa shape index (κ2) is 4.98. The molecule has 1 rings (SSSR count). The fourth-order valence-corrected chi connectivity index (χ4v) is 1.61. The van der Waals surface area contributed by atoms with Crippen molar-refractivity contribution < 1.29 is 9.90 Å². The van der Waals surface area contributed by atoms with Crippen LogP contribution in [0, 0.1) is 16.7 Å². The lowest BCUT2D eigenvalue weighted by molar-refractivity contribution is -0.148. The number of carbonyl (C=O) groups is 1. The molecule has 2 atom stereocenters. The molecule has 0 aromatic heterocycles. The third-order valence-corrected chi connectivity index (χ3v) is 3.12. The fraction of sp³-hybridized carbons (Fsp3) is 0.385. The van der Waals surface area contributed by atoms with Crippen LogP contribution in [0.5, 0.6) is 0 Å². The molecule has 1 aromatic carbocycles. The highest BCUT2D eigenvalue weighted by Gasteiger charge is 2.37. The van der Waals surface area contributed by atoms with Gasteiger partial charge >= 0.3 is 5.97 Å². The molecule has 0 amide bonds. The molecule has 0 spiro atoms. The summed E-state index contributed by atoms with van der Waals surface area (Å²) in [6.45, 7) is 3.31. The number of carboxylic acid groups (broad SMARTS) is 1. The van der Waals surface area contributed by atoms with Crippen molar-refractivity contribution in [3.05, 3.63) is 35.4 Å². The van der Waals surface area contributed by atoms with Crippen molar-refractivity contribution in [2.24, 2.45) is 11.1 Å². The molecule has 3 N–H and O–H groups in total. The fourth-order valence-electron chi connectivity index (χ4n) is 1.61. The van der Waals surface area contributed by atoms with E-state index in [1.54, 1.807) is 32.0 Å². The molecule has 17 heavy (non-hydrogen) atoms. The van der Waals surface area contributed by atoms with Gasteiger partial charge in [-0.3, -0.25) is 4.79 Å². The molecule has 0 aliphatic heterocycles. The number of aliphatic carboxylic acids is 1. The van der Waals surface area contributed by atoms with E-state index in [0.29, 0.717) is 12.0 Å². The van der Waals surface area contributed by atoms with Gasteiger partial charge in [-0.25, -0.2) is 0 Å². The molecule has 90 valence electrons. The van der Waals surface area contributed by atoms with Crippen molar-refractivity contribution in [3.63, 3.8) is 0 Å². The van der Waals surface area contributed by atoms with Crippen LogP contribution in [0.15, 0.2) is 24.3 Å². The number of rotatable bonds is 4. The number of carboxylic acids is 1. The normalized spacial score (nSPS) is 15.6. The predicted molar refractivity (Wildman–Crippen MR) is 64.3 cm³/mol. The molecular formula is C13H16N2O2. The molecule has 0 aliphatic rings. The summed E-state index contributed by atoms with van der Waals surface area (Å²) in [4.78, 5) is 11.3. The Morgan fingerprint density at radius 1 is 1.65 bits per heavy atom. The SMILES string of the molecule is CC(N)C(C)(Cc1cccc(C#N)c1)C(=O)O. The molecule has 4 nitrogen and oxygen atoms in total. The predicted octanol–water partition coefficient (Wildman–Crippen LogP) is 1.54. The smallest absolute Gasteiger partial charge is 0.311 e. The van der Waals surface area contributed by atoms with Gasteiger partial charge < -0.3 is 10.8 Å². The second-order valence-corrected chi connectivity index (χ2v) is 4.50. The summed E-state index contributed by atoms with van der Waals surface area (Å²) in [5, 5.41) is 18.0.